The van der Waals surface area contributed by atoms with Crippen LogP contribution in [0.5, 0.6) is 0 Å². The lowest BCUT2D eigenvalue weighted by molar-refractivity contribution is 0.0787. The van der Waals surface area contributed by atoms with Crippen molar-refractivity contribution < 1.29 is 4.74 Å². The van der Waals surface area contributed by atoms with Gasteiger partial charge in [-0.1, -0.05) is 24.9 Å². The molecule has 0 atom stereocenters. The molecule has 22 heavy (non-hydrogen) atoms. The Morgan fingerprint density at radius 3 is 2.55 bits per heavy atom. The van der Waals surface area contributed by atoms with Gasteiger partial charge in [0.2, 0.25) is 5.95 Å². The summed E-state index contributed by atoms with van der Waals surface area (Å²) in [5.41, 5.74) is 0. The third-order valence-electron chi connectivity index (χ3n) is 2.91. The number of halogens is 1. The number of ether oxygens (including phenoxy) is 1. The second-order valence-corrected chi connectivity index (χ2v) is 6.37. The highest BCUT2D eigenvalue weighted by Gasteiger charge is 2.12. The third kappa shape index (κ3) is 7.03. The first kappa shape index (κ1) is 19.3. The largest absolute Gasteiger partial charge is 0.379 e. The fourth-order valence-corrected chi connectivity index (χ4v) is 2.70. The van der Waals surface area contributed by atoms with Crippen molar-refractivity contribution in [1.29, 1.82) is 0 Å². The third-order valence-corrected chi connectivity index (χ3v) is 4.09. The fourth-order valence-electron chi connectivity index (χ4n) is 1.78. The molecule has 126 valence electrons. The molecule has 0 fully saturated rings. The molecule has 0 radical (unpaired) electrons. The van der Waals surface area contributed by atoms with Crippen molar-refractivity contribution in [3.8, 4) is 0 Å². The molecule has 0 spiro atoms. The molecular formula is C15H27ClN4OS. The van der Waals surface area contributed by atoms with Crippen LogP contribution >= 0.6 is 23.4 Å². The van der Waals surface area contributed by atoms with Crippen molar-refractivity contribution in [2.75, 3.05) is 36.6 Å². The molecule has 5 nitrogen and oxygen atoms in total. The van der Waals surface area contributed by atoms with E-state index < -0.39 is 0 Å². The molecule has 1 rings (SSSR count). The fraction of sp³-hybridized carbons (Fsp3) is 0.733. The van der Waals surface area contributed by atoms with Gasteiger partial charge < -0.3 is 15.4 Å². The lowest BCUT2D eigenvalue weighted by Crippen LogP contribution is -2.12. The van der Waals surface area contributed by atoms with Crippen molar-refractivity contribution >= 4 is 35.1 Å². The lowest BCUT2D eigenvalue weighted by atomic mass is 10.3. The summed E-state index contributed by atoms with van der Waals surface area (Å²) in [7, 11) is 0. The zero-order valence-corrected chi connectivity index (χ0v) is 15.5. The molecule has 0 saturated heterocycles. The molecule has 1 heterocycles. The maximum atomic E-state index is 6.25. The molecule has 0 unspecified atom stereocenters. The first-order chi connectivity index (χ1) is 10.6. The van der Waals surface area contributed by atoms with E-state index >= 15 is 0 Å². The first-order valence-electron chi connectivity index (χ1n) is 7.79. The second-order valence-electron chi connectivity index (χ2n) is 5.20. The predicted molar refractivity (Wildman–Crippen MR) is 96.4 cm³/mol. The summed E-state index contributed by atoms with van der Waals surface area (Å²) in [4.78, 5) is 9.73. The van der Waals surface area contributed by atoms with Crippen LogP contribution in [-0.4, -0.2) is 42.0 Å². The molecule has 0 amide bonds. The Morgan fingerprint density at radius 2 is 1.91 bits per heavy atom. The zero-order valence-electron chi connectivity index (χ0n) is 13.9. The van der Waals surface area contributed by atoms with Gasteiger partial charge in [0, 0.05) is 19.7 Å². The van der Waals surface area contributed by atoms with E-state index in [1.165, 1.54) is 0 Å². The van der Waals surface area contributed by atoms with Crippen LogP contribution in [0.4, 0.5) is 11.8 Å². The van der Waals surface area contributed by atoms with E-state index in [2.05, 4.69) is 27.5 Å². The van der Waals surface area contributed by atoms with Crippen molar-refractivity contribution in [2.24, 2.45) is 0 Å². The normalized spacial score (nSPS) is 11.0. The van der Waals surface area contributed by atoms with Crippen LogP contribution in [0.1, 0.15) is 40.0 Å². The smallest absolute Gasteiger partial charge is 0.226 e. The summed E-state index contributed by atoms with van der Waals surface area (Å²) in [6, 6.07) is 0. The number of rotatable bonds is 11. The molecule has 0 aliphatic rings. The van der Waals surface area contributed by atoms with Gasteiger partial charge in [-0.2, -0.15) is 9.97 Å². The maximum absolute atomic E-state index is 6.25. The molecule has 0 aliphatic carbocycles. The Morgan fingerprint density at radius 1 is 1.18 bits per heavy atom. The van der Waals surface area contributed by atoms with Crippen molar-refractivity contribution in [3.63, 3.8) is 0 Å². The van der Waals surface area contributed by atoms with Gasteiger partial charge in [-0.25, -0.2) is 0 Å². The van der Waals surface area contributed by atoms with Crippen LogP contribution < -0.4 is 10.6 Å². The Bertz CT molecular complexity index is 446. The molecule has 7 heteroatoms. The van der Waals surface area contributed by atoms with Crippen LogP contribution in [0, 0.1) is 0 Å². The first-order valence-corrected chi connectivity index (χ1v) is 9.39. The average Bonchev–Trinajstić information content (AvgIpc) is 2.46. The van der Waals surface area contributed by atoms with E-state index in [4.69, 9.17) is 16.3 Å². The molecular weight excluding hydrogens is 320 g/mol. The monoisotopic (exact) mass is 346 g/mol. The van der Waals surface area contributed by atoms with Gasteiger partial charge in [0.1, 0.15) is 11.0 Å². The molecule has 0 aromatic carbocycles. The number of thioether (sulfide) groups is 1. The summed E-state index contributed by atoms with van der Waals surface area (Å²) in [5.74, 6) is 1.37. The van der Waals surface area contributed by atoms with Crippen molar-refractivity contribution in [2.45, 2.75) is 51.0 Å². The summed E-state index contributed by atoms with van der Waals surface area (Å²) in [6.07, 6.45) is 5.39. The van der Waals surface area contributed by atoms with Gasteiger partial charge in [0.15, 0.2) is 0 Å². The highest BCUT2D eigenvalue weighted by molar-refractivity contribution is 7.98. The van der Waals surface area contributed by atoms with E-state index in [-0.39, 0.29) is 6.10 Å². The lowest BCUT2D eigenvalue weighted by Gasteiger charge is -2.13. The number of nitrogens with zero attached hydrogens (tertiary/aromatic N) is 2. The van der Waals surface area contributed by atoms with Gasteiger partial charge in [0.25, 0.3) is 0 Å². The minimum absolute atomic E-state index is 0.265. The van der Waals surface area contributed by atoms with Gasteiger partial charge in [-0.15, -0.1) is 11.8 Å². The minimum Gasteiger partial charge on any atom is -0.379 e. The molecule has 0 saturated carbocycles. The summed E-state index contributed by atoms with van der Waals surface area (Å²) in [6.45, 7) is 8.60. The summed E-state index contributed by atoms with van der Waals surface area (Å²) >= 11 is 7.81. The van der Waals surface area contributed by atoms with Crippen molar-refractivity contribution in [1.82, 2.24) is 9.97 Å². The van der Waals surface area contributed by atoms with E-state index in [0.29, 0.717) is 11.1 Å². The topological polar surface area (TPSA) is 59.1 Å². The zero-order chi connectivity index (χ0) is 16.4. The summed E-state index contributed by atoms with van der Waals surface area (Å²) < 4.78 is 5.51. The Hall–Kier alpha value is -0.720. The quantitative estimate of drug-likeness (QED) is 0.354. The number of anilines is 2. The summed E-state index contributed by atoms with van der Waals surface area (Å²) in [5, 5.41) is 7.04. The van der Waals surface area contributed by atoms with E-state index in [1.54, 1.807) is 11.8 Å². The van der Waals surface area contributed by atoms with E-state index in [9.17, 15) is 0 Å². The second kappa shape index (κ2) is 10.9. The Kier molecular flexibility index (Phi) is 9.59. The number of aromatic nitrogens is 2. The Balaban J connectivity index is 2.59. The number of unbranched alkanes of at least 4 members (excludes halogenated alkanes) is 1. The molecule has 2 N–H and O–H groups in total. The molecule has 0 bridgehead atoms. The standard InChI is InChI=1S/C15H27ClN4OS/c1-5-6-8-17-14-12(22-4)13(16)19-15(20-14)18-9-7-10-21-11(2)3/h11H,5-10H2,1-4H3,(H2,17,18,19,20). The van der Waals surface area contributed by atoms with Crippen LogP contribution in [0.2, 0.25) is 5.15 Å². The average molecular weight is 347 g/mol. The predicted octanol–water partition coefficient (Wildman–Crippen LogP) is 4.29. The van der Waals surface area contributed by atoms with Gasteiger partial charge in [-0.3, -0.25) is 0 Å². The Labute approximate surface area is 143 Å². The SMILES string of the molecule is CCCCNc1nc(NCCCOC(C)C)nc(Cl)c1SC. The molecule has 1 aromatic rings. The minimum atomic E-state index is 0.265. The molecule has 1 aromatic heterocycles. The van der Waals surface area contributed by atoms with Gasteiger partial charge in [-0.05, 0) is 32.9 Å². The number of hydrogen-bond donors (Lipinski definition) is 2. The van der Waals surface area contributed by atoms with E-state index in [0.717, 1.165) is 49.7 Å². The van der Waals surface area contributed by atoms with Crippen molar-refractivity contribution in [3.05, 3.63) is 5.15 Å². The van der Waals surface area contributed by atoms with Crippen LogP contribution in [-0.2, 0) is 4.74 Å². The van der Waals surface area contributed by atoms with Crippen LogP contribution in [0.15, 0.2) is 4.90 Å². The highest BCUT2D eigenvalue weighted by Crippen LogP contribution is 2.31. The molecule has 0 aliphatic heterocycles. The van der Waals surface area contributed by atoms with E-state index in [1.807, 2.05) is 20.1 Å². The van der Waals surface area contributed by atoms with Gasteiger partial charge >= 0.3 is 0 Å². The highest BCUT2D eigenvalue weighted by atomic mass is 35.5. The van der Waals surface area contributed by atoms with Gasteiger partial charge in [0.05, 0.1) is 11.0 Å². The maximum Gasteiger partial charge on any atom is 0.226 e. The van der Waals surface area contributed by atoms with Crippen LogP contribution in [0.3, 0.4) is 0 Å². The van der Waals surface area contributed by atoms with Crippen LogP contribution in [0.25, 0.3) is 0 Å². The number of hydrogen-bond acceptors (Lipinski definition) is 6. The number of nitrogens with one attached hydrogen (secondary N) is 2.